The average Bonchev–Trinajstić information content (AvgIpc) is 2.32. The molecule has 0 radical (unpaired) electrons. The molecule has 3 N–H and O–H groups in total. The molecule has 0 aliphatic carbocycles. The maximum Gasteiger partial charge on any atom is 0.407 e. The topological polar surface area (TPSA) is 64.3 Å². The molecule has 0 aliphatic rings. The Morgan fingerprint density at radius 2 is 2.14 bits per heavy atom. The minimum Gasteiger partial charge on any atom is -0.444 e. The van der Waals surface area contributed by atoms with Crippen LogP contribution in [0.1, 0.15) is 32.8 Å². The zero-order valence-corrected chi connectivity index (χ0v) is 13.0. The summed E-state index contributed by atoms with van der Waals surface area (Å²) in [4.78, 5) is 11.4. The van der Waals surface area contributed by atoms with E-state index in [2.05, 4.69) is 17.2 Å². The predicted octanol–water partition coefficient (Wildman–Crippen LogP) is 3.33. The van der Waals surface area contributed by atoms with Crippen molar-refractivity contribution in [1.82, 2.24) is 5.32 Å². The highest BCUT2D eigenvalue weighted by molar-refractivity contribution is 6.30. The molecule has 0 aliphatic heterocycles. The molecule has 114 valence electrons. The number of rotatable bonds is 2. The Bertz CT molecular complexity index is 586. The van der Waals surface area contributed by atoms with Gasteiger partial charge in [0.25, 0.3) is 0 Å². The second-order valence-corrected chi connectivity index (χ2v) is 5.77. The van der Waals surface area contributed by atoms with Crippen molar-refractivity contribution in [1.29, 1.82) is 0 Å². The standard InChI is InChI=1S/C15H18ClFN2O2/c1-15(2,3)21-14(20)19-7-5-4-6-10-8-11(16)9-12(17)13(10)18/h8-9H,5,7,18H2,1-3H3,(H,19,20). The summed E-state index contributed by atoms with van der Waals surface area (Å²) in [5.41, 5.74) is 5.31. The fourth-order valence-electron chi connectivity index (χ4n) is 1.39. The number of hydrogen-bond acceptors (Lipinski definition) is 3. The maximum absolute atomic E-state index is 13.3. The van der Waals surface area contributed by atoms with Crippen LogP contribution in [0.3, 0.4) is 0 Å². The Kier molecular flexibility index (Phi) is 5.86. The van der Waals surface area contributed by atoms with Crippen molar-refractivity contribution in [3.63, 3.8) is 0 Å². The van der Waals surface area contributed by atoms with E-state index in [1.807, 2.05) is 0 Å². The third-order valence-corrected chi connectivity index (χ3v) is 2.45. The molecule has 1 amide bonds. The summed E-state index contributed by atoms with van der Waals surface area (Å²) in [6.07, 6.45) is -0.120. The number of alkyl carbamates (subject to hydrolysis) is 1. The quantitative estimate of drug-likeness (QED) is 0.500. The number of carbonyl (C=O) groups excluding carboxylic acids is 1. The van der Waals surface area contributed by atoms with Crippen LogP contribution >= 0.6 is 11.6 Å². The molecule has 0 saturated carbocycles. The van der Waals surface area contributed by atoms with E-state index in [9.17, 15) is 9.18 Å². The Labute approximate surface area is 128 Å². The van der Waals surface area contributed by atoms with Crippen molar-refractivity contribution in [2.24, 2.45) is 0 Å². The van der Waals surface area contributed by atoms with Gasteiger partial charge in [0.05, 0.1) is 11.3 Å². The molecule has 1 rings (SSSR count). The number of ether oxygens (including phenoxy) is 1. The Morgan fingerprint density at radius 1 is 1.48 bits per heavy atom. The first-order valence-corrected chi connectivity index (χ1v) is 6.77. The van der Waals surface area contributed by atoms with Crippen molar-refractivity contribution in [2.45, 2.75) is 32.8 Å². The van der Waals surface area contributed by atoms with Crippen molar-refractivity contribution < 1.29 is 13.9 Å². The summed E-state index contributed by atoms with van der Waals surface area (Å²) in [5, 5.41) is 2.80. The van der Waals surface area contributed by atoms with E-state index in [4.69, 9.17) is 22.1 Å². The molecule has 0 bridgehead atoms. The number of benzene rings is 1. The lowest BCUT2D eigenvalue weighted by atomic mass is 10.1. The Hall–Kier alpha value is -1.93. The first-order chi connectivity index (χ1) is 9.69. The summed E-state index contributed by atoms with van der Waals surface area (Å²) in [7, 11) is 0. The highest BCUT2D eigenvalue weighted by Gasteiger charge is 2.15. The first-order valence-electron chi connectivity index (χ1n) is 6.39. The highest BCUT2D eigenvalue weighted by Crippen LogP contribution is 2.21. The number of anilines is 1. The van der Waals surface area contributed by atoms with Gasteiger partial charge in [-0.15, -0.1) is 0 Å². The van der Waals surface area contributed by atoms with E-state index in [0.29, 0.717) is 18.5 Å². The van der Waals surface area contributed by atoms with Crippen LogP contribution in [-0.4, -0.2) is 18.2 Å². The normalized spacial score (nSPS) is 10.5. The number of halogens is 2. The van der Waals surface area contributed by atoms with Crippen LogP contribution in [0.25, 0.3) is 0 Å². The van der Waals surface area contributed by atoms with Crippen LogP contribution < -0.4 is 11.1 Å². The van der Waals surface area contributed by atoms with Gasteiger partial charge in [-0.3, -0.25) is 0 Å². The van der Waals surface area contributed by atoms with Crippen LogP contribution in [-0.2, 0) is 4.74 Å². The first kappa shape index (κ1) is 17.1. The van der Waals surface area contributed by atoms with Gasteiger partial charge in [-0.05, 0) is 32.9 Å². The van der Waals surface area contributed by atoms with Gasteiger partial charge in [-0.25, -0.2) is 9.18 Å². The lowest BCUT2D eigenvalue weighted by molar-refractivity contribution is 0.0529. The minimum atomic E-state index is -0.598. The number of nitrogen functional groups attached to an aromatic ring is 1. The second kappa shape index (κ2) is 7.19. The molecule has 0 unspecified atom stereocenters. The average molecular weight is 313 g/mol. The smallest absolute Gasteiger partial charge is 0.407 e. The third kappa shape index (κ3) is 6.37. The number of hydrogen-bond donors (Lipinski definition) is 2. The van der Waals surface area contributed by atoms with Gasteiger partial charge in [0, 0.05) is 18.0 Å². The molecule has 6 heteroatoms. The molecule has 0 heterocycles. The van der Waals surface area contributed by atoms with Crippen LogP contribution in [0.4, 0.5) is 14.9 Å². The molecule has 1 aromatic carbocycles. The summed E-state index contributed by atoms with van der Waals surface area (Å²) >= 11 is 5.73. The molecular weight excluding hydrogens is 295 g/mol. The van der Waals surface area contributed by atoms with Crippen molar-refractivity contribution >= 4 is 23.4 Å². The van der Waals surface area contributed by atoms with E-state index in [1.54, 1.807) is 20.8 Å². The SMILES string of the molecule is CC(C)(C)OC(=O)NCCC#Cc1cc(Cl)cc(F)c1N. The van der Waals surface area contributed by atoms with E-state index in [1.165, 1.54) is 6.07 Å². The van der Waals surface area contributed by atoms with Gasteiger partial charge in [0.1, 0.15) is 11.4 Å². The molecule has 21 heavy (non-hydrogen) atoms. The predicted molar refractivity (Wildman–Crippen MR) is 81.6 cm³/mol. The minimum absolute atomic E-state index is 0.0352. The van der Waals surface area contributed by atoms with Crippen LogP contribution in [0.2, 0.25) is 5.02 Å². The monoisotopic (exact) mass is 312 g/mol. The molecule has 0 fully saturated rings. The van der Waals surface area contributed by atoms with Gasteiger partial charge in [-0.2, -0.15) is 0 Å². The number of amides is 1. The number of nitrogens with two attached hydrogens (primary N) is 1. The number of carbonyl (C=O) groups is 1. The molecule has 0 spiro atoms. The second-order valence-electron chi connectivity index (χ2n) is 5.33. The largest absolute Gasteiger partial charge is 0.444 e. The molecule has 0 atom stereocenters. The summed E-state index contributed by atoms with van der Waals surface area (Å²) in [5.74, 6) is 4.92. The van der Waals surface area contributed by atoms with Gasteiger partial charge >= 0.3 is 6.09 Å². The van der Waals surface area contributed by atoms with E-state index >= 15 is 0 Å². The van der Waals surface area contributed by atoms with E-state index in [-0.39, 0.29) is 10.7 Å². The molecule has 4 nitrogen and oxygen atoms in total. The highest BCUT2D eigenvalue weighted by atomic mass is 35.5. The zero-order valence-electron chi connectivity index (χ0n) is 12.2. The Balaban J connectivity index is 2.50. The van der Waals surface area contributed by atoms with Crippen LogP contribution in [0.15, 0.2) is 12.1 Å². The fraction of sp³-hybridized carbons (Fsp3) is 0.400. The fourth-order valence-corrected chi connectivity index (χ4v) is 1.59. The summed E-state index contributed by atoms with van der Waals surface area (Å²) < 4.78 is 18.4. The van der Waals surface area contributed by atoms with Crippen LogP contribution in [0.5, 0.6) is 0 Å². The van der Waals surface area contributed by atoms with Crippen molar-refractivity contribution in [3.05, 3.63) is 28.5 Å². The lowest BCUT2D eigenvalue weighted by Crippen LogP contribution is -2.32. The van der Waals surface area contributed by atoms with Gasteiger partial charge in [-0.1, -0.05) is 23.4 Å². The van der Waals surface area contributed by atoms with E-state index in [0.717, 1.165) is 6.07 Å². The van der Waals surface area contributed by atoms with Gasteiger partial charge < -0.3 is 15.8 Å². The van der Waals surface area contributed by atoms with Crippen LogP contribution in [0, 0.1) is 17.7 Å². The van der Waals surface area contributed by atoms with E-state index < -0.39 is 17.5 Å². The van der Waals surface area contributed by atoms with Crippen molar-refractivity contribution in [3.8, 4) is 11.8 Å². The van der Waals surface area contributed by atoms with Crippen molar-refractivity contribution in [2.75, 3.05) is 12.3 Å². The van der Waals surface area contributed by atoms with Gasteiger partial charge in [0.2, 0.25) is 0 Å². The molecule has 0 aromatic heterocycles. The summed E-state index contributed by atoms with van der Waals surface area (Å²) in [6, 6.07) is 2.63. The summed E-state index contributed by atoms with van der Waals surface area (Å²) in [6.45, 7) is 5.67. The lowest BCUT2D eigenvalue weighted by Gasteiger charge is -2.19. The molecule has 1 aromatic rings. The zero-order chi connectivity index (χ0) is 16.0. The maximum atomic E-state index is 13.3. The number of nitrogens with one attached hydrogen (secondary N) is 1. The molecular formula is C15H18ClFN2O2. The third-order valence-electron chi connectivity index (χ3n) is 2.24. The molecule has 0 saturated heterocycles. The Morgan fingerprint density at radius 3 is 2.76 bits per heavy atom. The van der Waals surface area contributed by atoms with Gasteiger partial charge in [0.15, 0.2) is 0 Å².